The van der Waals surface area contributed by atoms with E-state index in [9.17, 15) is 19.5 Å². The molecule has 0 bridgehead atoms. The maximum Gasteiger partial charge on any atom is 0.326 e. The van der Waals surface area contributed by atoms with Crippen molar-refractivity contribution in [3.8, 4) is 0 Å². The number of aliphatic hydroxyl groups excluding tert-OH is 1. The minimum atomic E-state index is -1.17. The second kappa shape index (κ2) is 8.86. The number of aliphatic carboxylic acids is 1. The molecule has 0 aliphatic heterocycles. The number of rotatable bonds is 8. The molecule has 0 saturated carbocycles. The summed E-state index contributed by atoms with van der Waals surface area (Å²) in [4.78, 5) is 34.8. The predicted molar refractivity (Wildman–Crippen MR) is 82.4 cm³/mol. The molecule has 0 spiro atoms. The molecule has 2 amide bonds. The molecule has 0 saturated heterocycles. The van der Waals surface area contributed by atoms with Crippen molar-refractivity contribution in [1.82, 2.24) is 10.6 Å². The topological polar surface area (TPSA) is 142 Å². The van der Waals surface area contributed by atoms with E-state index in [1.165, 1.54) is 6.92 Å². The summed E-state index contributed by atoms with van der Waals surface area (Å²) in [5.74, 6) is -2.51. The Morgan fingerprint density at radius 1 is 1.13 bits per heavy atom. The Balaban J connectivity index is 2.63. The fourth-order valence-corrected chi connectivity index (χ4v) is 1.82. The van der Waals surface area contributed by atoms with Gasteiger partial charge in [-0.1, -0.05) is 30.3 Å². The fourth-order valence-electron chi connectivity index (χ4n) is 1.82. The third kappa shape index (κ3) is 6.05. The van der Waals surface area contributed by atoms with Crippen molar-refractivity contribution in [1.29, 1.82) is 0 Å². The second-order valence-electron chi connectivity index (χ2n) is 5.11. The Kier molecular flexibility index (Phi) is 7.17. The SMILES string of the molecule is CC(NC(=O)C(N)CO)C(=O)NC(Cc1ccccc1)C(=O)O. The summed E-state index contributed by atoms with van der Waals surface area (Å²) in [7, 11) is 0. The predicted octanol–water partition coefficient (Wildman–Crippen LogP) is -1.38. The molecule has 0 aromatic heterocycles. The average Bonchev–Trinajstić information content (AvgIpc) is 2.53. The van der Waals surface area contributed by atoms with Gasteiger partial charge in [0.25, 0.3) is 0 Å². The van der Waals surface area contributed by atoms with Gasteiger partial charge in [-0.3, -0.25) is 9.59 Å². The van der Waals surface area contributed by atoms with Crippen molar-refractivity contribution in [3.63, 3.8) is 0 Å². The molecule has 23 heavy (non-hydrogen) atoms. The summed E-state index contributed by atoms with van der Waals surface area (Å²) in [6.45, 7) is 0.852. The normalized spacial score (nSPS) is 14.4. The Morgan fingerprint density at radius 3 is 2.26 bits per heavy atom. The van der Waals surface area contributed by atoms with Gasteiger partial charge in [0, 0.05) is 6.42 Å². The molecule has 0 heterocycles. The summed E-state index contributed by atoms with van der Waals surface area (Å²) in [6, 6.07) is 5.64. The monoisotopic (exact) mass is 323 g/mol. The van der Waals surface area contributed by atoms with Crippen LogP contribution in [-0.2, 0) is 20.8 Å². The van der Waals surface area contributed by atoms with Crippen LogP contribution in [-0.4, -0.2) is 52.7 Å². The first kappa shape index (κ1) is 18.6. The number of carboxylic acid groups (broad SMARTS) is 1. The molecule has 3 atom stereocenters. The van der Waals surface area contributed by atoms with Crippen LogP contribution < -0.4 is 16.4 Å². The minimum Gasteiger partial charge on any atom is -0.480 e. The van der Waals surface area contributed by atoms with E-state index in [1.54, 1.807) is 30.3 Å². The first-order chi connectivity index (χ1) is 10.8. The number of nitrogens with two attached hydrogens (primary N) is 1. The largest absolute Gasteiger partial charge is 0.480 e. The molecule has 0 radical (unpaired) electrons. The third-order valence-electron chi connectivity index (χ3n) is 3.18. The summed E-state index contributed by atoms with van der Waals surface area (Å²) in [6.07, 6.45) is 0.124. The number of hydrogen-bond acceptors (Lipinski definition) is 5. The highest BCUT2D eigenvalue weighted by atomic mass is 16.4. The number of hydrogen-bond donors (Lipinski definition) is 5. The van der Waals surface area contributed by atoms with E-state index in [1.807, 2.05) is 0 Å². The van der Waals surface area contributed by atoms with Crippen LogP contribution in [0.2, 0.25) is 0 Å². The van der Waals surface area contributed by atoms with Crippen molar-refractivity contribution in [2.75, 3.05) is 6.61 Å². The number of carbonyl (C=O) groups is 3. The Morgan fingerprint density at radius 2 is 1.74 bits per heavy atom. The number of carbonyl (C=O) groups excluding carboxylic acids is 2. The molecule has 6 N–H and O–H groups in total. The number of nitrogens with one attached hydrogen (secondary N) is 2. The fraction of sp³-hybridized carbons (Fsp3) is 0.400. The van der Waals surface area contributed by atoms with Crippen molar-refractivity contribution >= 4 is 17.8 Å². The highest BCUT2D eigenvalue weighted by Crippen LogP contribution is 2.04. The zero-order valence-electron chi connectivity index (χ0n) is 12.7. The lowest BCUT2D eigenvalue weighted by atomic mass is 10.1. The maximum absolute atomic E-state index is 12.0. The first-order valence-corrected chi connectivity index (χ1v) is 7.09. The molecule has 126 valence electrons. The standard InChI is InChI=1S/C15H21N3O5/c1-9(17-14(21)11(16)8-19)13(20)18-12(15(22)23)7-10-5-3-2-4-6-10/h2-6,9,11-12,19H,7-8,16H2,1H3,(H,17,21)(H,18,20)(H,22,23). The first-order valence-electron chi connectivity index (χ1n) is 7.09. The minimum absolute atomic E-state index is 0.124. The van der Waals surface area contributed by atoms with Gasteiger partial charge in [0.15, 0.2) is 0 Å². The van der Waals surface area contributed by atoms with Crippen LogP contribution in [0, 0.1) is 0 Å². The molecule has 1 rings (SSSR count). The van der Waals surface area contributed by atoms with E-state index in [0.29, 0.717) is 0 Å². The van der Waals surface area contributed by atoms with Gasteiger partial charge in [0.1, 0.15) is 18.1 Å². The quantitative estimate of drug-likeness (QED) is 0.399. The lowest BCUT2D eigenvalue weighted by Crippen LogP contribution is -2.54. The highest BCUT2D eigenvalue weighted by molar-refractivity contribution is 5.91. The van der Waals surface area contributed by atoms with Crippen LogP contribution in [0.4, 0.5) is 0 Å². The van der Waals surface area contributed by atoms with Crippen molar-refractivity contribution in [2.45, 2.75) is 31.5 Å². The molecule has 0 aliphatic rings. The second-order valence-corrected chi connectivity index (χ2v) is 5.11. The van der Waals surface area contributed by atoms with Crippen LogP contribution in [0.5, 0.6) is 0 Å². The number of carboxylic acids is 1. The average molecular weight is 323 g/mol. The molecular weight excluding hydrogens is 302 g/mol. The zero-order chi connectivity index (χ0) is 17.4. The van der Waals surface area contributed by atoms with Crippen LogP contribution in [0.15, 0.2) is 30.3 Å². The lowest BCUT2D eigenvalue weighted by Gasteiger charge is -2.20. The number of aliphatic hydroxyl groups is 1. The van der Waals surface area contributed by atoms with E-state index in [-0.39, 0.29) is 6.42 Å². The van der Waals surface area contributed by atoms with E-state index < -0.39 is 42.5 Å². The van der Waals surface area contributed by atoms with Crippen molar-refractivity contribution < 1.29 is 24.6 Å². The lowest BCUT2D eigenvalue weighted by molar-refractivity contribution is -0.142. The summed E-state index contributed by atoms with van der Waals surface area (Å²) in [5.41, 5.74) is 6.09. The number of amides is 2. The van der Waals surface area contributed by atoms with Crippen LogP contribution in [0.3, 0.4) is 0 Å². The summed E-state index contributed by atoms with van der Waals surface area (Å²) < 4.78 is 0. The molecule has 0 aliphatic carbocycles. The van der Waals surface area contributed by atoms with Crippen molar-refractivity contribution in [3.05, 3.63) is 35.9 Å². The van der Waals surface area contributed by atoms with E-state index in [0.717, 1.165) is 5.56 Å². The van der Waals surface area contributed by atoms with E-state index in [2.05, 4.69) is 10.6 Å². The molecule has 0 fully saturated rings. The molecule has 1 aromatic rings. The van der Waals surface area contributed by atoms with E-state index in [4.69, 9.17) is 10.8 Å². The van der Waals surface area contributed by atoms with Crippen LogP contribution in [0.25, 0.3) is 0 Å². The zero-order valence-corrected chi connectivity index (χ0v) is 12.7. The van der Waals surface area contributed by atoms with Crippen LogP contribution in [0.1, 0.15) is 12.5 Å². The van der Waals surface area contributed by atoms with Gasteiger partial charge in [-0.05, 0) is 12.5 Å². The highest BCUT2D eigenvalue weighted by Gasteiger charge is 2.25. The van der Waals surface area contributed by atoms with Gasteiger partial charge in [-0.2, -0.15) is 0 Å². The number of benzene rings is 1. The van der Waals surface area contributed by atoms with Gasteiger partial charge >= 0.3 is 5.97 Å². The Labute approximate surface area is 133 Å². The smallest absolute Gasteiger partial charge is 0.326 e. The van der Waals surface area contributed by atoms with Crippen LogP contribution >= 0.6 is 0 Å². The Bertz CT molecular complexity index is 549. The van der Waals surface area contributed by atoms with Gasteiger partial charge in [0.2, 0.25) is 11.8 Å². The molecule has 8 heteroatoms. The maximum atomic E-state index is 12.0. The van der Waals surface area contributed by atoms with Gasteiger partial charge < -0.3 is 26.6 Å². The van der Waals surface area contributed by atoms with E-state index >= 15 is 0 Å². The molecule has 8 nitrogen and oxygen atoms in total. The van der Waals surface area contributed by atoms with Gasteiger partial charge in [-0.25, -0.2) is 4.79 Å². The van der Waals surface area contributed by atoms with Gasteiger partial charge in [-0.15, -0.1) is 0 Å². The third-order valence-corrected chi connectivity index (χ3v) is 3.18. The molecule has 3 unspecified atom stereocenters. The van der Waals surface area contributed by atoms with Crippen molar-refractivity contribution in [2.24, 2.45) is 5.73 Å². The summed E-state index contributed by atoms with van der Waals surface area (Å²) >= 11 is 0. The summed E-state index contributed by atoms with van der Waals surface area (Å²) in [5, 5.41) is 22.7. The Hall–Kier alpha value is -2.45. The molecule has 1 aromatic carbocycles. The van der Waals surface area contributed by atoms with Gasteiger partial charge in [0.05, 0.1) is 6.61 Å². The molecular formula is C15H21N3O5.